The minimum atomic E-state index is 0.00865. The summed E-state index contributed by atoms with van der Waals surface area (Å²) in [5, 5.41) is 0. The Bertz CT molecular complexity index is 459. The van der Waals surface area contributed by atoms with E-state index in [-0.39, 0.29) is 5.54 Å². The maximum absolute atomic E-state index is 6.34. The second-order valence-electron chi connectivity index (χ2n) is 7.58. The van der Waals surface area contributed by atoms with Crippen molar-refractivity contribution in [2.24, 2.45) is 11.1 Å². The summed E-state index contributed by atoms with van der Waals surface area (Å²) in [6.45, 7) is 6.98. The SMILES string of the molecule is CC(C)(C)Cc1cc(C2(N)CC2)ccc1C1CC1. The van der Waals surface area contributed by atoms with Gasteiger partial charge in [-0.3, -0.25) is 0 Å². The fraction of sp³-hybridized carbons (Fsp3) is 0.647. The Hall–Kier alpha value is -0.820. The van der Waals surface area contributed by atoms with Crippen LogP contribution in [0.1, 0.15) is 69.1 Å². The van der Waals surface area contributed by atoms with Crippen molar-refractivity contribution in [1.29, 1.82) is 0 Å². The summed E-state index contributed by atoms with van der Waals surface area (Å²) in [4.78, 5) is 0. The van der Waals surface area contributed by atoms with Gasteiger partial charge in [-0.1, -0.05) is 39.0 Å². The molecule has 0 radical (unpaired) electrons. The molecule has 3 rings (SSSR count). The molecule has 2 fully saturated rings. The standard InChI is InChI=1S/C17H25N/c1-16(2,3)11-13-10-14(17(18)8-9-17)6-7-15(13)12-4-5-12/h6-7,10,12H,4-5,8-9,11,18H2,1-3H3. The second-order valence-corrected chi connectivity index (χ2v) is 7.58. The molecule has 0 heterocycles. The maximum atomic E-state index is 6.34. The normalized spacial score (nSPS) is 22.0. The molecule has 1 nitrogen and oxygen atoms in total. The second kappa shape index (κ2) is 3.84. The monoisotopic (exact) mass is 243 g/mol. The first-order chi connectivity index (χ1) is 8.37. The molecule has 0 amide bonds. The first-order valence-corrected chi connectivity index (χ1v) is 7.30. The van der Waals surface area contributed by atoms with E-state index < -0.39 is 0 Å². The van der Waals surface area contributed by atoms with Gasteiger partial charge in [0.1, 0.15) is 0 Å². The van der Waals surface area contributed by atoms with E-state index in [1.165, 1.54) is 24.8 Å². The van der Waals surface area contributed by atoms with Gasteiger partial charge in [-0.05, 0) is 60.1 Å². The fourth-order valence-corrected chi connectivity index (χ4v) is 2.86. The lowest BCUT2D eigenvalue weighted by Crippen LogP contribution is -2.20. The van der Waals surface area contributed by atoms with Gasteiger partial charge >= 0.3 is 0 Å². The van der Waals surface area contributed by atoms with E-state index in [1.807, 2.05) is 0 Å². The third-order valence-electron chi connectivity index (χ3n) is 4.24. The van der Waals surface area contributed by atoms with Crippen molar-refractivity contribution >= 4 is 0 Å². The van der Waals surface area contributed by atoms with Gasteiger partial charge in [0.15, 0.2) is 0 Å². The molecule has 2 aliphatic carbocycles. The molecule has 0 atom stereocenters. The van der Waals surface area contributed by atoms with Crippen molar-refractivity contribution in [1.82, 2.24) is 0 Å². The zero-order valence-electron chi connectivity index (χ0n) is 11.9. The van der Waals surface area contributed by atoms with Gasteiger partial charge in [0.25, 0.3) is 0 Å². The van der Waals surface area contributed by atoms with Crippen LogP contribution in [0.4, 0.5) is 0 Å². The first-order valence-electron chi connectivity index (χ1n) is 7.30. The van der Waals surface area contributed by atoms with Gasteiger partial charge in [0, 0.05) is 5.54 Å². The molecule has 0 unspecified atom stereocenters. The fourth-order valence-electron chi connectivity index (χ4n) is 2.86. The van der Waals surface area contributed by atoms with Crippen LogP contribution in [-0.2, 0) is 12.0 Å². The summed E-state index contributed by atoms with van der Waals surface area (Å²) in [5.41, 5.74) is 11.2. The summed E-state index contributed by atoms with van der Waals surface area (Å²) in [6.07, 6.45) is 6.24. The van der Waals surface area contributed by atoms with Crippen LogP contribution in [0.3, 0.4) is 0 Å². The van der Waals surface area contributed by atoms with Gasteiger partial charge in [-0.2, -0.15) is 0 Å². The van der Waals surface area contributed by atoms with E-state index in [9.17, 15) is 0 Å². The predicted octanol–water partition coefficient (Wildman–Crippen LogP) is 4.10. The molecule has 0 spiro atoms. The van der Waals surface area contributed by atoms with Crippen LogP contribution in [0, 0.1) is 5.41 Å². The number of benzene rings is 1. The van der Waals surface area contributed by atoms with E-state index in [2.05, 4.69) is 39.0 Å². The number of hydrogen-bond donors (Lipinski definition) is 1. The van der Waals surface area contributed by atoms with Crippen molar-refractivity contribution in [3.63, 3.8) is 0 Å². The van der Waals surface area contributed by atoms with E-state index in [0.717, 1.165) is 18.8 Å². The molecule has 98 valence electrons. The molecule has 0 saturated heterocycles. The smallest absolute Gasteiger partial charge is 0.0411 e. The van der Waals surface area contributed by atoms with Crippen LogP contribution in [0.25, 0.3) is 0 Å². The van der Waals surface area contributed by atoms with Crippen LogP contribution in [0.15, 0.2) is 18.2 Å². The Morgan fingerprint density at radius 1 is 1.22 bits per heavy atom. The lowest BCUT2D eigenvalue weighted by Gasteiger charge is -2.22. The molecule has 2 aliphatic rings. The predicted molar refractivity (Wildman–Crippen MR) is 76.7 cm³/mol. The third-order valence-corrected chi connectivity index (χ3v) is 4.24. The molecule has 1 aromatic carbocycles. The Morgan fingerprint density at radius 3 is 2.39 bits per heavy atom. The summed E-state index contributed by atoms with van der Waals surface area (Å²) < 4.78 is 0. The minimum Gasteiger partial charge on any atom is -0.321 e. The highest BCUT2D eigenvalue weighted by Crippen LogP contribution is 2.47. The molecule has 0 bridgehead atoms. The molecule has 2 N–H and O–H groups in total. The van der Waals surface area contributed by atoms with Gasteiger partial charge in [0.05, 0.1) is 0 Å². The van der Waals surface area contributed by atoms with Crippen LogP contribution in [0.2, 0.25) is 0 Å². The van der Waals surface area contributed by atoms with Crippen molar-refractivity contribution < 1.29 is 0 Å². The molecular weight excluding hydrogens is 218 g/mol. The van der Waals surface area contributed by atoms with E-state index in [4.69, 9.17) is 5.73 Å². The third kappa shape index (κ3) is 2.47. The van der Waals surface area contributed by atoms with E-state index >= 15 is 0 Å². The van der Waals surface area contributed by atoms with Gasteiger partial charge < -0.3 is 5.73 Å². The number of nitrogens with two attached hydrogens (primary N) is 1. The van der Waals surface area contributed by atoms with Crippen LogP contribution < -0.4 is 5.73 Å². The maximum Gasteiger partial charge on any atom is 0.0411 e. The summed E-state index contributed by atoms with van der Waals surface area (Å²) in [5.74, 6) is 0.837. The molecule has 1 aromatic rings. The van der Waals surface area contributed by atoms with Crippen LogP contribution in [0.5, 0.6) is 0 Å². The zero-order valence-corrected chi connectivity index (χ0v) is 11.9. The molecular formula is C17H25N. The molecule has 18 heavy (non-hydrogen) atoms. The average molecular weight is 243 g/mol. The largest absolute Gasteiger partial charge is 0.321 e. The highest BCUT2D eigenvalue weighted by Gasteiger charge is 2.40. The summed E-state index contributed by atoms with van der Waals surface area (Å²) in [6, 6.07) is 7.06. The summed E-state index contributed by atoms with van der Waals surface area (Å²) >= 11 is 0. The Morgan fingerprint density at radius 2 is 1.89 bits per heavy atom. The van der Waals surface area contributed by atoms with Gasteiger partial charge in [-0.25, -0.2) is 0 Å². The molecule has 0 aliphatic heterocycles. The van der Waals surface area contributed by atoms with Crippen molar-refractivity contribution in [3.05, 3.63) is 34.9 Å². The lowest BCUT2D eigenvalue weighted by atomic mass is 9.84. The zero-order chi connectivity index (χ0) is 13.0. The van der Waals surface area contributed by atoms with Crippen LogP contribution in [-0.4, -0.2) is 0 Å². The summed E-state index contributed by atoms with van der Waals surface area (Å²) in [7, 11) is 0. The lowest BCUT2D eigenvalue weighted by molar-refractivity contribution is 0.409. The highest BCUT2D eigenvalue weighted by atomic mass is 14.8. The Kier molecular flexibility index (Phi) is 2.60. The topological polar surface area (TPSA) is 26.0 Å². The number of hydrogen-bond acceptors (Lipinski definition) is 1. The number of rotatable bonds is 3. The quantitative estimate of drug-likeness (QED) is 0.849. The first kappa shape index (κ1) is 12.2. The Labute approximate surface area is 111 Å². The molecule has 0 aromatic heterocycles. The van der Waals surface area contributed by atoms with Crippen LogP contribution >= 0.6 is 0 Å². The minimum absolute atomic E-state index is 0.00865. The van der Waals surface area contributed by atoms with E-state index in [0.29, 0.717) is 5.41 Å². The van der Waals surface area contributed by atoms with Crippen molar-refractivity contribution in [2.45, 2.75) is 64.3 Å². The van der Waals surface area contributed by atoms with Crippen molar-refractivity contribution in [2.75, 3.05) is 0 Å². The van der Waals surface area contributed by atoms with Gasteiger partial charge in [0.2, 0.25) is 0 Å². The van der Waals surface area contributed by atoms with Crippen molar-refractivity contribution in [3.8, 4) is 0 Å². The van der Waals surface area contributed by atoms with Gasteiger partial charge in [-0.15, -0.1) is 0 Å². The van der Waals surface area contributed by atoms with E-state index in [1.54, 1.807) is 11.1 Å². The molecule has 2 saturated carbocycles. The molecule has 1 heteroatoms. The highest BCUT2D eigenvalue weighted by molar-refractivity contribution is 5.41. The Balaban J connectivity index is 1.95. The average Bonchev–Trinajstić information content (AvgIpc) is 3.10.